The third-order valence-corrected chi connectivity index (χ3v) is 8.37. The zero-order chi connectivity index (χ0) is 31.6. The Bertz CT molecular complexity index is 1710. The largest absolute Gasteiger partial charge is 0.489 e. The van der Waals surface area contributed by atoms with Crippen molar-refractivity contribution in [1.29, 1.82) is 0 Å². The van der Waals surface area contributed by atoms with Gasteiger partial charge in [0, 0.05) is 42.1 Å². The van der Waals surface area contributed by atoms with Crippen LogP contribution in [0.1, 0.15) is 55.4 Å². The van der Waals surface area contributed by atoms with E-state index in [0.29, 0.717) is 6.61 Å². The molecule has 1 aliphatic carbocycles. The van der Waals surface area contributed by atoms with Gasteiger partial charge in [0.05, 0.1) is 5.41 Å². The number of allylic oxidation sites excluding steroid dienone is 4. The van der Waals surface area contributed by atoms with Crippen LogP contribution in [0.2, 0.25) is 0 Å². The van der Waals surface area contributed by atoms with E-state index < -0.39 is 6.03 Å². The zero-order valence-corrected chi connectivity index (χ0v) is 26.2. The standard InChI is InChI=1S/C34H35N2O2.C2H7N3O/c1-22-8-16-30-29(18-22)34(2,3)32(36(30)4)17-12-24-6-5-7-26-19-25-11-15-28(20-31(25)38-33(24)26)37-21-23-9-13-27(35)14-10-23;1-5(4)2(3)6/h8-20H,5-7,21,35H2,1-4H3;4H2,1H3,(H2,3,6)/q+1;/b17-12+;. The molecule has 0 unspecified atom stereocenters. The molecule has 0 saturated heterocycles. The first-order chi connectivity index (χ1) is 20.9. The number of nitrogen functional groups attached to an aromatic ring is 1. The van der Waals surface area contributed by atoms with E-state index in [1.165, 1.54) is 40.7 Å². The second kappa shape index (κ2) is 12.4. The second-order valence-corrected chi connectivity index (χ2v) is 12.1. The number of hydrogen-bond acceptors (Lipinski definition) is 5. The number of hydrogen-bond donors (Lipinski definition) is 3. The van der Waals surface area contributed by atoms with Gasteiger partial charge in [0.2, 0.25) is 5.69 Å². The van der Waals surface area contributed by atoms with Crippen molar-refractivity contribution in [2.75, 3.05) is 19.8 Å². The number of hydrazine groups is 1. The maximum absolute atomic E-state index is 9.72. The van der Waals surface area contributed by atoms with Crippen LogP contribution in [-0.4, -0.2) is 35.4 Å². The molecule has 0 spiro atoms. The molecule has 2 amide bonds. The van der Waals surface area contributed by atoms with Crippen LogP contribution in [0.25, 0.3) is 6.08 Å². The third-order valence-electron chi connectivity index (χ3n) is 8.37. The van der Waals surface area contributed by atoms with Crippen LogP contribution in [0.4, 0.5) is 16.2 Å². The Morgan fingerprint density at radius 1 is 1.07 bits per heavy atom. The molecule has 0 bridgehead atoms. The Hall–Kier alpha value is -4.82. The minimum absolute atomic E-state index is 0.0537. The minimum atomic E-state index is -0.630. The molecule has 0 atom stereocenters. The van der Waals surface area contributed by atoms with Gasteiger partial charge in [-0.3, -0.25) is 5.01 Å². The van der Waals surface area contributed by atoms with E-state index in [-0.39, 0.29) is 5.41 Å². The molecule has 6 N–H and O–H groups in total. The monoisotopic (exact) mass is 592 g/mol. The molecule has 44 heavy (non-hydrogen) atoms. The van der Waals surface area contributed by atoms with Crippen LogP contribution in [0.5, 0.6) is 11.5 Å². The molecule has 0 radical (unpaired) electrons. The Morgan fingerprint density at radius 3 is 2.50 bits per heavy atom. The van der Waals surface area contributed by atoms with Gasteiger partial charge in [-0.05, 0) is 99.2 Å². The third kappa shape index (κ3) is 6.40. The highest BCUT2D eigenvalue weighted by Gasteiger charge is 2.43. The molecule has 2 aliphatic heterocycles. The highest BCUT2D eigenvalue weighted by atomic mass is 16.5. The molecule has 8 heteroatoms. The lowest BCUT2D eigenvalue weighted by atomic mass is 9.80. The molecule has 2 heterocycles. The van der Waals surface area contributed by atoms with Crippen molar-refractivity contribution >= 4 is 29.2 Å². The summed E-state index contributed by atoms with van der Waals surface area (Å²) in [7, 11) is 3.55. The summed E-state index contributed by atoms with van der Waals surface area (Å²) in [4.78, 5) is 9.72. The van der Waals surface area contributed by atoms with Crippen molar-refractivity contribution in [2.24, 2.45) is 11.6 Å². The lowest BCUT2D eigenvalue weighted by Crippen LogP contribution is -2.37. The van der Waals surface area contributed by atoms with Gasteiger partial charge in [-0.15, -0.1) is 0 Å². The number of urea groups is 1. The van der Waals surface area contributed by atoms with Crippen LogP contribution in [0.15, 0.2) is 89.7 Å². The van der Waals surface area contributed by atoms with Crippen molar-refractivity contribution in [2.45, 2.75) is 52.1 Å². The fraction of sp³-hybridized carbons (Fsp3) is 0.278. The van der Waals surface area contributed by atoms with E-state index in [9.17, 15) is 4.79 Å². The highest BCUT2D eigenvalue weighted by Crippen LogP contribution is 2.42. The van der Waals surface area contributed by atoms with E-state index in [1.807, 2.05) is 36.4 Å². The Kier molecular flexibility index (Phi) is 8.65. The zero-order valence-electron chi connectivity index (χ0n) is 26.2. The highest BCUT2D eigenvalue weighted by molar-refractivity contribution is 6.03. The molecule has 3 aromatic rings. The van der Waals surface area contributed by atoms with Crippen molar-refractivity contribution in [3.8, 4) is 11.5 Å². The first-order valence-electron chi connectivity index (χ1n) is 14.9. The molecule has 3 aromatic carbocycles. The predicted octanol–water partition coefficient (Wildman–Crippen LogP) is 6.50. The summed E-state index contributed by atoms with van der Waals surface area (Å²) in [6, 6.07) is 20.0. The van der Waals surface area contributed by atoms with Crippen LogP contribution in [0, 0.1) is 6.92 Å². The summed E-state index contributed by atoms with van der Waals surface area (Å²) in [5, 5.41) is 0.806. The number of benzene rings is 3. The Labute approximate surface area is 259 Å². The topological polar surface area (TPSA) is 120 Å². The number of amides is 2. The first-order valence-corrected chi connectivity index (χ1v) is 14.9. The molecular formula is C36H42N5O3+. The van der Waals surface area contributed by atoms with Gasteiger partial charge in [-0.1, -0.05) is 23.8 Å². The molecule has 6 rings (SSSR count). The maximum Gasteiger partial charge on any atom is 0.328 e. The number of primary amides is 1. The second-order valence-electron chi connectivity index (χ2n) is 12.1. The average molecular weight is 593 g/mol. The Balaban J connectivity index is 0.000000584. The quantitative estimate of drug-likeness (QED) is 0.103. The van der Waals surface area contributed by atoms with Gasteiger partial charge in [0.1, 0.15) is 30.9 Å². The molecule has 0 fully saturated rings. The molecule has 0 saturated carbocycles. The number of carbonyl (C=O) groups is 1. The predicted molar refractivity (Wildman–Crippen MR) is 177 cm³/mol. The maximum atomic E-state index is 9.72. The molecule has 8 nitrogen and oxygen atoms in total. The van der Waals surface area contributed by atoms with Crippen LogP contribution >= 0.6 is 0 Å². The van der Waals surface area contributed by atoms with Crippen molar-refractivity contribution in [3.63, 3.8) is 0 Å². The number of rotatable bonds is 5. The van der Waals surface area contributed by atoms with E-state index in [1.54, 1.807) is 0 Å². The lowest BCUT2D eigenvalue weighted by Gasteiger charge is -2.27. The van der Waals surface area contributed by atoms with Crippen molar-refractivity contribution in [3.05, 3.63) is 112 Å². The van der Waals surface area contributed by atoms with E-state index in [2.05, 4.69) is 80.6 Å². The molecule has 228 valence electrons. The summed E-state index contributed by atoms with van der Waals surface area (Å²) >= 11 is 0. The molecule has 3 aliphatic rings. The molecule has 0 aromatic heterocycles. The number of fused-ring (bicyclic) bond motifs is 3. The van der Waals surface area contributed by atoms with Gasteiger partial charge < -0.3 is 20.9 Å². The number of ether oxygens (including phenoxy) is 2. The van der Waals surface area contributed by atoms with Crippen LogP contribution in [0.3, 0.4) is 0 Å². The van der Waals surface area contributed by atoms with Gasteiger partial charge in [0.15, 0.2) is 5.71 Å². The number of aryl methyl sites for hydroxylation is 1. The fourth-order valence-corrected chi connectivity index (χ4v) is 5.85. The summed E-state index contributed by atoms with van der Waals surface area (Å²) in [6.45, 7) is 7.29. The van der Waals surface area contributed by atoms with Gasteiger partial charge >= 0.3 is 6.03 Å². The summed E-state index contributed by atoms with van der Waals surface area (Å²) in [6.07, 6.45) is 10.0. The first kappa shape index (κ1) is 30.6. The Morgan fingerprint density at radius 2 is 1.80 bits per heavy atom. The fourth-order valence-electron chi connectivity index (χ4n) is 5.85. The minimum Gasteiger partial charge on any atom is -0.489 e. The lowest BCUT2D eigenvalue weighted by molar-refractivity contribution is -0.401. The van der Waals surface area contributed by atoms with E-state index >= 15 is 0 Å². The van der Waals surface area contributed by atoms with Gasteiger partial charge in [0.25, 0.3) is 0 Å². The normalized spacial score (nSPS) is 16.3. The summed E-state index contributed by atoms with van der Waals surface area (Å²) in [5.41, 5.74) is 21.1. The smallest absolute Gasteiger partial charge is 0.328 e. The van der Waals surface area contributed by atoms with E-state index in [4.69, 9.17) is 21.1 Å². The van der Waals surface area contributed by atoms with Crippen molar-refractivity contribution in [1.82, 2.24) is 5.01 Å². The van der Waals surface area contributed by atoms with Gasteiger partial charge in [-0.25, -0.2) is 10.6 Å². The molecular weight excluding hydrogens is 550 g/mol. The summed E-state index contributed by atoms with van der Waals surface area (Å²) in [5.74, 6) is 7.44. The van der Waals surface area contributed by atoms with Crippen molar-refractivity contribution < 1.29 is 18.8 Å². The van der Waals surface area contributed by atoms with Crippen LogP contribution < -0.4 is 26.8 Å². The number of carbonyl (C=O) groups excluding carboxylic acids is 1. The van der Waals surface area contributed by atoms with Gasteiger partial charge in [-0.2, -0.15) is 4.58 Å². The number of nitrogens with two attached hydrogens (primary N) is 3. The van der Waals surface area contributed by atoms with Crippen LogP contribution in [-0.2, 0) is 12.0 Å². The number of anilines is 1. The number of nitrogens with zero attached hydrogens (tertiary/aromatic N) is 2. The average Bonchev–Trinajstić information content (AvgIpc) is 3.18. The van der Waals surface area contributed by atoms with E-state index in [0.717, 1.165) is 58.3 Å². The summed E-state index contributed by atoms with van der Waals surface area (Å²) < 4.78 is 15.0. The SMILES string of the molecule is CN(N)C(N)=O.Cc1ccc2c(c1)C(C)(C)C(/C=C/C1=C3Oc4cc(OCc5ccc(N)cc5)ccc4C=C3CCC1)=[N+]2C.